The van der Waals surface area contributed by atoms with E-state index in [1.807, 2.05) is 0 Å². The van der Waals surface area contributed by atoms with Gasteiger partial charge in [-0.3, -0.25) is 9.05 Å². The predicted octanol–water partition coefficient (Wildman–Crippen LogP) is 14.1. The van der Waals surface area contributed by atoms with Gasteiger partial charge in [0.05, 0.1) is 13.2 Å². The molecule has 0 aromatic heterocycles. The third kappa shape index (κ3) is 31.2. The Labute approximate surface area is 284 Å². The van der Waals surface area contributed by atoms with Crippen LogP contribution in [0.25, 0.3) is 0 Å². The second-order valence-corrected chi connectivity index (χ2v) is 18.2. The second-order valence-electron chi connectivity index (χ2n) is 16.7. The van der Waals surface area contributed by atoms with Crippen LogP contribution in [0.4, 0.5) is 0 Å². The molecule has 2 unspecified atom stereocenters. The Bertz CT molecular complexity index is 642. The van der Waals surface area contributed by atoms with Gasteiger partial charge in [0.15, 0.2) is 0 Å². The van der Waals surface area contributed by atoms with Crippen molar-refractivity contribution in [3.63, 3.8) is 0 Å². The quantitative estimate of drug-likeness (QED) is 0.0731. The summed E-state index contributed by atoms with van der Waals surface area (Å²) >= 11 is 0. The Morgan fingerprint density at radius 2 is 0.578 bits per heavy atom. The van der Waals surface area contributed by atoms with Gasteiger partial charge in [0.1, 0.15) is 0 Å². The highest BCUT2D eigenvalue weighted by Gasteiger charge is 2.21. The van der Waals surface area contributed by atoms with E-state index in [2.05, 4.69) is 69.2 Å². The number of rotatable bonds is 32. The van der Waals surface area contributed by atoms with Crippen molar-refractivity contribution in [2.24, 2.45) is 47.3 Å². The van der Waals surface area contributed by atoms with Crippen LogP contribution in [0.3, 0.4) is 0 Å². The molecule has 272 valence electrons. The third-order valence-electron chi connectivity index (χ3n) is 10.3. The molecule has 0 spiro atoms. The lowest BCUT2D eigenvalue weighted by molar-refractivity contribution is 0.136. The average Bonchev–Trinajstić information content (AvgIpc) is 2.92. The second kappa shape index (κ2) is 28.0. The summed E-state index contributed by atoms with van der Waals surface area (Å²) in [6.45, 7) is 24.0. The lowest BCUT2D eigenvalue weighted by Crippen LogP contribution is -2.06. The summed E-state index contributed by atoms with van der Waals surface area (Å²) in [5, 5.41) is 0. The van der Waals surface area contributed by atoms with Crippen molar-refractivity contribution >= 4 is 7.82 Å². The normalized spacial score (nSPS) is 17.7. The summed E-state index contributed by atoms with van der Waals surface area (Å²) in [5.74, 6) is 5.96. The Hall–Kier alpha value is 0.110. The van der Waals surface area contributed by atoms with Gasteiger partial charge in [-0.15, -0.1) is 0 Å². The highest BCUT2D eigenvalue weighted by Crippen LogP contribution is 2.44. The summed E-state index contributed by atoms with van der Waals surface area (Å²) < 4.78 is 23.0. The SMILES string of the molecule is CC(C)CCC[C@@H](C)CCC[C@@H](C)CCCC(C)CCOP(=O)(O)OCCC(C)CCC[C@H](C)CCC[C@H](C)CCCC(C)C. The number of hydrogen-bond acceptors (Lipinski definition) is 3. The van der Waals surface area contributed by atoms with Crippen LogP contribution in [0.1, 0.15) is 198 Å². The van der Waals surface area contributed by atoms with Crippen LogP contribution in [0, 0.1) is 47.3 Å². The van der Waals surface area contributed by atoms with Crippen LogP contribution in [0.5, 0.6) is 0 Å². The van der Waals surface area contributed by atoms with Crippen LogP contribution in [-0.4, -0.2) is 18.1 Å². The van der Waals surface area contributed by atoms with E-state index < -0.39 is 7.82 Å². The van der Waals surface area contributed by atoms with Gasteiger partial charge < -0.3 is 4.89 Å². The predicted molar refractivity (Wildman–Crippen MR) is 199 cm³/mol. The Balaban J connectivity index is 3.82. The minimum absolute atomic E-state index is 0.295. The molecule has 0 saturated carbocycles. The minimum atomic E-state index is -3.95. The smallest absolute Gasteiger partial charge is 0.302 e. The van der Waals surface area contributed by atoms with Gasteiger partial charge in [-0.25, -0.2) is 4.57 Å². The zero-order valence-electron chi connectivity index (χ0n) is 32.3. The average molecular weight is 659 g/mol. The molecule has 0 bridgehead atoms. The molecule has 45 heavy (non-hydrogen) atoms. The van der Waals surface area contributed by atoms with Gasteiger partial charge in [0.2, 0.25) is 0 Å². The molecule has 0 amide bonds. The summed E-state index contributed by atoms with van der Waals surface area (Å²) in [6, 6.07) is 0. The van der Waals surface area contributed by atoms with Crippen LogP contribution >= 0.6 is 7.82 Å². The molecule has 0 aromatic carbocycles. The lowest BCUT2D eigenvalue weighted by atomic mass is 9.91. The maximum Gasteiger partial charge on any atom is 0.472 e. The topological polar surface area (TPSA) is 55.8 Å². The molecular formula is C40H83O4P. The standard InChI is InChI=1S/C40H83O4P/c1-33(2)17-11-19-35(5)21-13-23-37(7)25-15-27-39(9)29-31-43-45(41,42)44-32-30-40(10)28-16-26-38(8)24-14-22-36(6)20-12-18-34(3)4/h33-40H,11-32H2,1-10H3,(H,41,42)/t35-,36-,37-,38-,39?,40?/m1/s1. The zero-order valence-corrected chi connectivity index (χ0v) is 33.2. The molecule has 0 aliphatic carbocycles. The Kier molecular flexibility index (Phi) is 28.1. The van der Waals surface area contributed by atoms with Crippen LogP contribution in [0.2, 0.25) is 0 Å². The number of phosphoric acid groups is 1. The van der Waals surface area contributed by atoms with E-state index in [4.69, 9.17) is 9.05 Å². The Morgan fingerprint density at radius 1 is 0.378 bits per heavy atom. The van der Waals surface area contributed by atoms with Crippen molar-refractivity contribution in [3.05, 3.63) is 0 Å². The lowest BCUT2D eigenvalue weighted by Gasteiger charge is -2.18. The van der Waals surface area contributed by atoms with Crippen molar-refractivity contribution in [1.82, 2.24) is 0 Å². The molecule has 0 aliphatic rings. The van der Waals surface area contributed by atoms with Crippen molar-refractivity contribution in [2.45, 2.75) is 198 Å². The fourth-order valence-corrected chi connectivity index (χ4v) is 7.40. The molecule has 4 nitrogen and oxygen atoms in total. The summed E-state index contributed by atoms with van der Waals surface area (Å²) in [7, 11) is -3.95. The monoisotopic (exact) mass is 659 g/mol. The van der Waals surface area contributed by atoms with Crippen molar-refractivity contribution in [3.8, 4) is 0 Å². The van der Waals surface area contributed by atoms with Crippen molar-refractivity contribution < 1.29 is 18.5 Å². The molecule has 0 aliphatic heterocycles. The molecule has 0 fully saturated rings. The largest absolute Gasteiger partial charge is 0.472 e. The molecule has 5 heteroatoms. The zero-order chi connectivity index (χ0) is 34.1. The van der Waals surface area contributed by atoms with E-state index in [-0.39, 0.29) is 0 Å². The summed E-state index contributed by atoms with van der Waals surface area (Å²) in [5.41, 5.74) is 0. The maximum absolute atomic E-state index is 12.4. The molecule has 0 aromatic rings. The molecule has 1 N–H and O–H groups in total. The molecular weight excluding hydrogens is 575 g/mol. The van der Waals surface area contributed by atoms with Crippen LogP contribution in [-0.2, 0) is 13.6 Å². The number of phosphoric ester groups is 1. The maximum atomic E-state index is 12.4. The van der Waals surface area contributed by atoms with Gasteiger partial charge >= 0.3 is 7.82 Å². The first kappa shape index (κ1) is 45.1. The van der Waals surface area contributed by atoms with E-state index in [1.54, 1.807) is 0 Å². The van der Waals surface area contributed by atoms with Crippen molar-refractivity contribution in [1.29, 1.82) is 0 Å². The minimum Gasteiger partial charge on any atom is -0.302 e. The highest BCUT2D eigenvalue weighted by atomic mass is 31.2. The number of hydrogen-bond donors (Lipinski definition) is 1. The van der Waals surface area contributed by atoms with Crippen LogP contribution in [0.15, 0.2) is 0 Å². The fourth-order valence-electron chi connectivity index (χ4n) is 6.65. The third-order valence-corrected chi connectivity index (χ3v) is 11.3. The van der Waals surface area contributed by atoms with E-state index in [0.29, 0.717) is 25.0 Å². The van der Waals surface area contributed by atoms with E-state index in [9.17, 15) is 9.46 Å². The fraction of sp³-hybridized carbons (Fsp3) is 1.00. The first-order valence-electron chi connectivity index (χ1n) is 19.8. The van der Waals surface area contributed by atoms with Crippen LogP contribution < -0.4 is 0 Å². The molecule has 0 rings (SSSR count). The first-order chi connectivity index (χ1) is 21.2. The molecule has 0 heterocycles. The van der Waals surface area contributed by atoms with Gasteiger partial charge in [-0.1, -0.05) is 185 Å². The molecule has 0 saturated heterocycles. The molecule has 0 radical (unpaired) electrons. The van der Waals surface area contributed by atoms with Gasteiger partial charge in [0, 0.05) is 0 Å². The summed E-state index contributed by atoms with van der Waals surface area (Å²) in [4.78, 5) is 10.1. The summed E-state index contributed by atoms with van der Waals surface area (Å²) in [6.07, 6.45) is 25.3. The van der Waals surface area contributed by atoms with Gasteiger partial charge in [-0.05, 0) is 60.2 Å². The van der Waals surface area contributed by atoms with E-state index in [1.165, 1.54) is 103 Å². The van der Waals surface area contributed by atoms with E-state index >= 15 is 0 Å². The highest BCUT2D eigenvalue weighted by molar-refractivity contribution is 7.47. The van der Waals surface area contributed by atoms with Gasteiger partial charge in [0.25, 0.3) is 0 Å². The van der Waals surface area contributed by atoms with Gasteiger partial charge in [-0.2, -0.15) is 0 Å². The first-order valence-corrected chi connectivity index (χ1v) is 21.3. The Morgan fingerprint density at radius 3 is 0.800 bits per heavy atom. The van der Waals surface area contributed by atoms with Crippen molar-refractivity contribution in [2.75, 3.05) is 13.2 Å². The van der Waals surface area contributed by atoms with E-state index in [0.717, 1.165) is 61.2 Å². The molecule has 6 atom stereocenters.